The number of methoxy groups -OCH3 is 2. The number of aliphatic hydroxyl groups is 3. The predicted octanol–water partition coefficient (Wildman–Crippen LogP) is 1.70. The zero-order valence-electron chi connectivity index (χ0n) is 23.5. The van der Waals surface area contributed by atoms with Gasteiger partial charge in [-0.15, -0.1) is 0 Å². The highest BCUT2D eigenvalue weighted by molar-refractivity contribution is 7.92. The first-order valence-electron chi connectivity index (χ1n) is 13.2. The maximum absolute atomic E-state index is 13.6. The number of aliphatic hydroxyl groups excluding tert-OH is 3. The molecule has 228 valence electrons. The molecule has 0 radical (unpaired) electrons. The number of hydrogen-bond acceptors (Lipinski definition) is 11. The van der Waals surface area contributed by atoms with Crippen molar-refractivity contribution < 1.29 is 42.7 Å². The van der Waals surface area contributed by atoms with Gasteiger partial charge in [0.05, 0.1) is 53.6 Å². The van der Waals surface area contributed by atoms with E-state index in [-0.39, 0.29) is 5.56 Å². The Kier molecular flexibility index (Phi) is 8.69. The average Bonchev–Trinajstić information content (AvgIpc) is 2.99. The van der Waals surface area contributed by atoms with E-state index in [2.05, 4.69) is 15.4 Å². The fraction of sp³-hybridized carbons (Fsp3) is 0.310. The molecule has 5 atom stereocenters. The van der Waals surface area contributed by atoms with E-state index in [0.717, 1.165) is 11.6 Å². The molecule has 4 aromatic rings. The molecule has 1 fully saturated rings. The van der Waals surface area contributed by atoms with E-state index in [9.17, 15) is 28.5 Å². The summed E-state index contributed by atoms with van der Waals surface area (Å²) in [6.45, 7) is -0.545. The van der Waals surface area contributed by atoms with Crippen LogP contribution in [0.5, 0.6) is 5.75 Å². The Morgan fingerprint density at radius 3 is 2.47 bits per heavy atom. The van der Waals surface area contributed by atoms with E-state index in [4.69, 9.17) is 19.2 Å². The van der Waals surface area contributed by atoms with Gasteiger partial charge in [-0.05, 0) is 24.3 Å². The highest BCUT2D eigenvalue weighted by atomic mass is 32.2. The van der Waals surface area contributed by atoms with E-state index in [1.807, 2.05) is 18.2 Å². The van der Waals surface area contributed by atoms with Crippen LogP contribution in [0.1, 0.15) is 10.4 Å². The second kappa shape index (κ2) is 12.3. The van der Waals surface area contributed by atoms with Crippen molar-refractivity contribution in [3.63, 3.8) is 0 Å². The van der Waals surface area contributed by atoms with Crippen molar-refractivity contribution in [2.45, 2.75) is 30.6 Å². The third-order valence-corrected chi connectivity index (χ3v) is 7.74. The lowest BCUT2D eigenvalue weighted by atomic mass is 9.96. The van der Waals surface area contributed by atoms with Gasteiger partial charge in [0, 0.05) is 23.9 Å². The van der Waals surface area contributed by atoms with Crippen LogP contribution in [0.4, 0.5) is 17.1 Å². The molecule has 1 saturated heterocycles. The lowest BCUT2D eigenvalue weighted by Gasteiger charge is -2.41. The molecule has 6 N–H and O–H groups in total. The minimum absolute atomic E-state index is 0.187. The number of amides is 1. The largest absolute Gasteiger partial charge is 0.494 e. The summed E-state index contributed by atoms with van der Waals surface area (Å²) in [6, 6.07) is 16.1. The summed E-state index contributed by atoms with van der Waals surface area (Å²) in [4.78, 5) is 18.4. The molecule has 0 bridgehead atoms. The van der Waals surface area contributed by atoms with Crippen LogP contribution in [-0.2, 0) is 19.5 Å². The number of nitrogens with one attached hydrogen (secondary N) is 3. The fourth-order valence-corrected chi connectivity index (χ4v) is 5.66. The summed E-state index contributed by atoms with van der Waals surface area (Å²) in [5.41, 5.74) is 2.61. The average molecular weight is 613 g/mol. The van der Waals surface area contributed by atoms with Crippen LogP contribution < -0.4 is 20.1 Å². The Morgan fingerprint density at radius 1 is 1.02 bits per heavy atom. The van der Waals surface area contributed by atoms with Gasteiger partial charge in [0.25, 0.3) is 5.91 Å². The minimum atomic E-state index is -3.50. The van der Waals surface area contributed by atoms with Crippen molar-refractivity contribution in [3.05, 3.63) is 66.2 Å². The number of carbonyl (C=O) groups excluding carboxylic acids is 1. The summed E-state index contributed by atoms with van der Waals surface area (Å²) in [5.74, 6) is -0.231. The molecule has 3 aromatic carbocycles. The number of rotatable bonds is 9. The second-order valence-electron chi connectivity index (χ2n) is 10.1. The Bertz CT molecular complexity index is 1770. The number of carbonyl (C=O) groups is 1. The number of aromatic nitrogens is 1. The lowest BCUT2D eigenvalue weighted by Crippen LogP contribution is -2.64. The summed E-state index contributed by atoms with van der Waals surface area (Å²) in [7, 11) is -0.711. The van der Waals surface area contributed by atoms with Crippen molar-refractivity contribution >= 4 is 54.8 Å². The quantitative estimate of drug-likeness (QED) is 0.151. The molecule has 1 amide bonds. The first-order valence-corrected chi connectivity index (χ1v) is 15.1. The number of fused-ring (bicyclic) bond motifs is 2. The normalized spacial score (nSPS) is 22.3. The van der Waals surface area contributed by atoms with Crippen LogP contribution >= 0.6 is 0 Å². The van der Waals surface area contributed by atoms with Gasteiger partial charge in [0.15, 0.2) is 6.29 Å². The number of para-hydroxylation sites is 2. The minimum Gasteiger partial charge on any atom is -0.494 e. The van der Waals surface area contributed by atoms with Crippen molar-refractivity contribution in [3.8, 4) is 5.75 Å². The van der Waals surface area contributed by atoms with Gasteiger partial charge in [-0.3, -0.25) is 9.52 Å². The molecule has 5 rings (SSSR count). The maximum atomic E-state index is 13.6. The summed E-state index contributed by atoms with van der Waals surface area (Å²) in [5, 5.41) is 38.0. The maximum Gasteiger partial charge on any atom is 0.253 e. The van der Waals surface area contributed by atoms with Crippen molar-refractivity contribution in [1.29, 1.82) is 0 Å². The molecule has 0 aliphatic carbocycles. The smallest absolute Gasteiger partial charge is 0.253 e. The van der Waals surface area contributed by atoms with Crippen LogP contribution in [0.15, 0.2) is 60.7 Å². The Hall–Kier alpha value is -4.05. The molecule has 13 nitrogen and oxygen atoms in total. The molecular formula is C29H32N4O9S. The van der Waals surface area contributed by atoms with E-state index in [1.54, 1.807) is 42.5 Å². The first-order chi connectivity index (χ1) is 20.5. The summed E-state index contributed by atoms with van der Waals surface area (Å²) in [6.07, 6.45) is -4.09. The number of hydrogen-bond donors (Lipinski definition) is 6. The van der Waals surface area contributed by atoms with Crippen molar-refractivity contribution in [1.82, 2.24) is 10.3 Å². The standard InChI is InChI=1S/C29H32N4O9S/c1-40-21-13-15(33-43(3,38)39)11-12-20(21)31-23-16-7-4-5-10-19(16)30-24-17(23)8-6-9-18(24)28(37)32-25-27(36)26(35)22(14-34)42-29(25)41-2/h4-13,22,25-27,29,33-36H,14H2,1-3H3,(H,30,31)(H,32,37)/t22-,25-,26-,27-,29+/m1/s1. The summed E-state index contributed by atoms with van der Waals surface area (Å²) < 4.78 is 42.2. The number of benzene rings is 3. The molecular weight excluding hydrogens is 580 g/mol. The van der Waals surface area contributed by atoms with Gasteiger partial charge in [0.1, 0.15) is 30.1 Å². The Labute approximate surface area is 247 Å². The number of ether oxygens (including phenoxy) is 3. The number of sulfonamides is 1. The number of pyridine rings is 1. The number of nitrogens with zero attached hydrogens (tertiary/aromatic N) is 1. The Morgan fingerprint density at radius 2 is 1.77 bits per heavy atom. The number of anilines is 3. The van der Waals surface area contributed by atoms with E-state index < -0.39 is 53.2 Å². The lowest BCUT2D eigenvalue weighted by molar-refractivity contribution is -0.261. The highest BCUT2D eigenvalue weighted by Gasteiger charge is 2.45. The van der Waals surface area contributed by atoms with Crippen LogP contribution in [0.25, 0.3) is 21.8 Å². The molecule has 0 spiro atoms. The van der Waals surface area contributed by atoms with Gasteiger partial charge in [-0.1, -0.05) is 30.3 Å². The third kappa shape index (κ3) is 6.20. The van der Waals surface area contributed by atoms with Crippen LogP contribution in [0.2, 0.25) is 0 Å². The Balaban J connectivity index is 1.56. The summed E-state index contributed by atoms with van der Waals surface area (Å²) >= 11 is 0. The third-order valence-electron chi connectivity index (χ3n) is 7.13. The van der Waals surface area contributed by atoms with Crippen LogP contribution in [0, 0.1) is 0 Å². The van der Waals surface area contributed by atoms with Gasteiger partial charge in [-0.2, -0.15) is 0 Å². The van der Waals surface area contributed by atoms with E-state index in [1.165, 1.54) is 14.2 Å². The monoisotopic (exact) mass is 612 g/mol. The molecule has 1 aromatic heterocycles. The SMILES string of the molecule is COc1cc(NS(C)(=O)=O)ccc1Nc1c2ccccc2nc2c(C(=O)N[C@H]3[C@@H](OC)O[C@H](CO)[C@@H](O)[C@@H]3O)cccc12. The molecule has 1 aliphatic heterocycles. The van der Waals surface area contributed by atoms with Gasteiger partial charge in [0.2, 0.25) is 10.0 Å². The van der Waals surface area contributed by atoms with Gasteiger partial charge < -0.3 is 40.2 Å². The van der Waals surface area contributed by atoms with E-state index >= 15 is 0 Å². The molecule has 43 heavy (non-hydrogen) atoms. The van der Waals surface area contributed by atoms with E-state index in [0.29, 0.717) is 39.2 Å². The van der Waals surface area contributed by atoms with Crippen molar-refractivity contribution in [2.75, 3.05) is 37.1 Å². The zero-order valence-corrected chi connectivity index (χ0v) is 24.3. The van der Waals surface area contributed by atoms with Crippen LogP contribution in [0.3, 0.4) is 0 Å². The second-order valence-corrected chi connectivity index (χ2v) is 11.8. The zero-order chi connectivity index (χ0) is 30.9. The molecule has 0 unspecified atom stereocenters. The van der Waals surface area contributed by atoms with Gasteiger partial charge >= 0.3 is 0 Å². The molecule has 2 heterocycles. The fourth-order valence-electron chi connectivity index (χ4n) is 5.10. The highest BCUT2D eigenvalue weighted by Crippen LogP contribution is 2.38. The molecule has 0 saturated carbocycles. The van der Waals surface area contributed by atoms with Gasteiger partial charge in [-0.25, -0.2) is 13.4 Å². The van der Waals surface area contributed by atoms with Crippen molar-refractivity contribution in [2.24, 2.45) is 0 Å². The van der Waals surface area contributed by atoms with Crippen LogP contribution in [-0.4, -0.2) is 92.4 Å². The topological polar surface area (TPSA) is 189 Å². The first kappa shape index (κ1) is 30.4. The molecule has 14 heteroatoms. The molecule has 1 aliphatic rings. The predicted molar refractivity (Wildman–Crippen MR) is 160 cm³/mol.